The number of piperazine rings is 1. The molecular weight excluding hydrogens is 694 g/mol. The van der Waals surface area contributed by atoms with Gasteiger partial charge in [-0.25, -0.2) is 4.79 Å². The number of aromatic hydroxyl groups is 1. The number of imide groups is 1. The number of likely N-dealkylation sites (N-methyl/N-ethyl adjacent to an activating group) is 1. The highest BCUT2D eigenvalue weighted by Gasteiger charge is 2.60. The molecule has 2 bridgehead atoms. The maximum Gasteiger partial charge on any atom is 0.413 e. The predicted octanol–water partition coefficient (Wildman–Crippen LogP) is 3.47. The second-order valence-electron chi connectivity index (χ2n) is 13.4. The highest BCUT2D eigenvalue weighted by molar-refractivity contribution is 7.99. The van der Waals surface area contributed by atoms with Crippen molar-refractivity contribution in [1.29, 1.82) is 5.26 Å². The van der Waals surface area contributed by atoms with E-state index >= 15 is 0 Å². The van der Waals surface area contributed by atoms with Crippen LogP contribution in [-0.2, 0) is 25.5 Å². The minimum absolute atomic E-state index is 0.00950. The number of nitrogens with zero attached hydrogens (tertiary/aromatic N) is 3. The van der Waals surface area contributed by atoms with Crippen LogP contribution in [0.2, 0.25) is 0 Å². The molecule has 278 valence electrons. The number of carbonyl (C=O) groups is 4. The summed E-state index contributed by atoms with van der Waals surface area (Å²) in [5, 5.41) is 27.0. The van der Waals surface area contributed by atoms with Crippen molar-refractivity contribution in [1.82, 2.24) is 20.4 Å². The van der Waals surface area contributed by atoms with E-state index in [1.807, 2.05) is 31.9 Å². The van der Waals surface area contributed by atoms with E-state index in [2.05, 4.69) is 21.6 Å². The lowest BCUT2D eigenvalue weighted by Crippen LogP contribution is -2.69. The number of hydrogen-bond donors (Lipinski definition) is 3. The molecule has 1 fully saturated rings. The van der Waals surface area contributed by atoms with E-state index in [9.17, 15) is 29.5 Å². The summed E-state index contributed by atoms with van der Waals surface area (Å²) in [5.74, 6) is 0.259. The van der Waals surface area contributed by atoms with Gasteiger partial charge in [0.05, 0.1) is 30.5 Å². The third kappa shape index (κ3) is 6.04. The van der Waals surface area contributed by atoms with Crippen molar-refractivity contribution in [3.05, 3.63) is 39.4 Å². The Morgan fingerprint density at radius 1 is 1.13 bits per heavy atom. The molecule has 0 radical (unpaired) electrons. The van der Waals surface area contributed by atoms with Gasteiger partial charge in [-0.2, -0.15) is 17.0 Å². The predicted molar refractivity (Wildman–Crippen MR) is 187 cm³/mol. The zero-order valence-electron chi connectivity index (χ0n) is 30.3. The van der Waals surface area contributed by atoms with Gasteiger partial charge >= 0.3 is 12.1 Å². The molecule has 3 N–H and O–H groups in total. The normalized spacial score (nSPS) is 24.7. The number of ether oxygens (including phenoxy) is 5. The Hall–Kier alpha value is -4.72. The molecule has 0 aromatic heterocycles. The van der Waals surface area contributed by atoms with Crippen LogP contribution in [0, 0.1) is 25.2 Å². The molecule has 4 aliphatic rings. The van der Waals surface area contributed by atoms with Crippen LogP contribution in [0.15, 0.2) is 6.07 Å². The summed E-state index contributed by atoms with van der Waals surface area (Å²) in [7, 11) is 3.44. The average Bonchev–Trinajstić information content (AvgIpc) is 3.57. The lowest BCUT2D eigenvalue weighted by atomic mass is 9.71. The summed E-state index contributed by atoms with van der Waals surface area (Å²) in [4.78, 5) is 54.3. The van der Waals surface area contributed by atoms with Crippen molar-refractivity contribution in [3.63, 3.8) is 0 Å². The number of aryl methyl sites for hydroxylation is 1. The largest absolute Gasteiger partial charge is 0.504 e. The number of carbonyl (C=O) groups excluding carboxylic acids is 4. The number of benzene rings is 2. The minimum atomic E-state index is -1.06. The number of hydrogen-bond acceptors (Lipinski definition) is 14. The summed E-state index contributed by atoms with van der Waals surface area (Å²) in [5.41, 5.74) is 4.05. The fourth-order valence-corrected chi connectivity index (χ4v) is 9.63. The zero-order chi connectivity index (χ0) is 37.8. The maximum atomic E-state index is 13.2. The van der Waals surface area contributed by atoms with Crippen molar-refractivity contribution in [2.75, 3.05) is 33.3 Å². The fraction of sp³-hybridized carbons (Fsp3) is 0.528. The second-order valence-corrected chi connectivity index (χ2v) is 14.8. The van der Waals surface area contributed by atoms with Crippen LogP contribution in [0.4, 0.5) is 4.79 Å². The van der Waals surface area contributed by atoms with Crippen LogP contribution in [0.5, 0.6) is 28.7 Å². The van der Waals surface area contributed by atoms with Crippen molar-refractivity contribution < 1.29 is 48.0 Å². The summed E-state index contributed by atoms with van der Waals surface area (Å²) in [6.07, 6.45) is -0.619. The number of rotatable bonds is 8. The average molecular weight is 738 g/mol. The Balaban J connectivity index is 1.57. The van der Waals surface area contributed by atoms with E-state index in [-0.39, 0.29) is 30.9 Å². The maximum absolute atomic E-state index is 13.2. The summed E-state index contributed by atoms with van der Waals surface area (Å²) in [6, 6.07) is 0.509. The van der Waals surface area contributed by atoms with Gasteiger partial charge in [0, 0.05) is 48.2 Å². The fourth-order valence-electron chi connectivity index (χ4n) is 8.39. The first-order valence-corrected chi connectivity index (χ1v) is 18.1. The molecule has 4 heterocycles. The van der Waals surface area contributed by atoms with Crippen LogP contribution in [0.3, 0.4) is 0 Å². The van der Waals surface area contributed by atoms with Crippen LogP contribution < -0.4 is 29.6 Å². The van der Waals surface area contributed by atoms with E-state index in [0.29, 0.717) is 51.7 Å². The van der Waals surface area contributed by atoms with Gasteiger partial charge in [-0.05, 0) is 51.1 Å². The van der Waals surface area contributed by atoms with Gasteiger partial charge in [0.2, 0.25) is 12.7 Å². The molecule has 0 spiro atoms. The van der Waals surface area contributed by atoms with Gasteiger partial charge in [0.25, 0.3) is 5.91 Å². The van der Waals surface area contributed by atoms with Crippen molar-refractivity contribution >= 4 is 35.6 Å². The Morgan fingerprint density at radius 2 is 1.85 bits per heavy atom. The molecule has 15 nitrogen and oxygen atoms in total. The minimum Gasteiger partial charge on any atom is -0.504 e. The number of alkyl carbamates (subject to hydrolysis) is 1. The Morgan fingerprint density at radius 3 is 2.48 bits per heavy atom. The molecule has 2 unspecified atom stereocenters. The number of nitriles is 1. The van der Waals surface area contributed by atoms with E-state index < -0.39 is 59.3 Å². The topological polar surface area (TPSA) is 189 Å². The number of phenols is 1. The number of thioether (sulfide) groups is 1. The molecule has 0 saturated carbocycles. The first kappa shape index (κ1) is 37.1. The third-order valence-corrected chi connectivity index (χ3v) is 11.5. The summed E-state index contributed by atoms with van der Waals surface area (Å²) >= 11 is 1.59. The third-order valence-electron chi connectivity index (χ3n) is 10.3. The van der Waals surface area contributed by atoms with Crippen molar-refractivity contribution in [3.8, 4) is 34.8 Å². The van der Waals surface area contributed by atoms with Crippen molar-refractivity contribution in [2.45, 2.75) is 89.5 Å². The number of methoxy groups -OCH3 is 1. The number of phenolic OH excluding ortho intramolecular Hbond substituents is 1. The molecule has 7 atom stereocenters. The molecule has 3 amide bonds. The second kappa shape index (κ2) is 14.4. The van der Waals surface area contributed by atoms with Gasteiger partial charge in [0.15, 0.2) is 23.0 Å². The molecule has 1 saturated heterocycles. The van der Waals surface area contributed by atoms with E-state index in [4.69, 9.17) is 23.7 Å². The molecular formula is C36H43N5O10S. The molecule has 4 aliphatic heterocycles. The molecule has 16 heteroatoms. The van der Waals surface area contributed by atoms with Gasteiger partial charge in [-0.1, -0.05) is 13.0 Å². The zero-order valence-corrected chi connectivity index (χ0v) is 31.1. The van der Waals surface area contributed by atoms with Crippen LogP contribution in [0.25, 0.3) is 0 Å². The number of esters is 1. The van der Waals surface area contributed by atoms with Crippen LogP contribution >= 0.6 is 11.8 Å². The highest BCUT2D eigenvalue weighted by atomic mass is 32.2. The Bertz CT molecular complexity index is 1880. The summed E-state index contributed by atoms with van der Waals surface area (Å²) < 4.78 is 29.5. The lowest BCUT2D eigenvalue weighted by molar-refractivity contribution is -0.132. The van der Waals surface area contributed by atoms with E-state index in [0.717, 1.165) is 11.1 Å². The molecule has 6 rings (SSSR count). The smallest absolute Gasteiger partial charge is 0.413 e. The monoisotopic (exact) mass is 737 g/mol. The molecule has 0 aliphatic carbocycles. The van der Waals surface area contributed by atoms with Gasteiger partial charge < -0.3 is 34.1 Å². The lowest BCUT2D eigenvalue weighted by Gasteiger charge is -2.61. The Labute approximate surface area is 305 Å². The van der Waals surface area contributed by atoms with Crippen molar-refractivity contribution in [2.24, 2.45) is 0 Å². The first-order valence-electron chi connectivity index (χ1n) is 17.0. The Kier molecular flexibility index (Phi) is 10.2. The SMILES string of the molecule is CCS[C@@H]1c2c(OC(C)=O)c(C)c3c(c2[C@H](COC(=O)NC(=O)C(C)NC(C)=O)N2C1[C@@H]1c4c(cc(C)c(OC)c4O)C[C@@H]([C@@H]2C#N)N1C)OCO3. The number of fused-ring (bicyclic) bond motifs is 9. The van der Waals surface area contributed by atoms with Gasteiger partial charge in [-0.3, -0.25) is 29.5 Å². The van der Waals surface area contributed by atoms with E-state index in [1.54, 1.807) is 18.7 Å². The quantitative estimate of drug-likeness (QED) is 0.264. The number of nitrogens with one attached hydrogen (secondary N) is 2. The first-order chi connectivity index (χ1) is 24.7. The standard InChI is InChI=1S/C36H43N5O10S/c1-9-52-34-26-25(33-32(49-14-50-33)16(3)31(26)51-19(6)43)23(13-48-36(46)39-35(45)17(4)38-18(5)42)41-22(12-37)21-11-20-10-15(2)30(47-8)29(44)24(20)27(28(34)41)40(21)7/h10,17,21-23,27-28,34,44H,9,11,13-14H2,1-8H3,(H,38,42)(H,39,45,46)/t17?,21-,22-,23-,27-,28?,34+/m0/s1. The van der Waals surface area contributed by atoms with Gasteiger partial charge in [0.1, 0.15) is 24.4 Å². The highest BCUT2D eigenvalue weighted by Crippen LogP contribution is 2.63. The molecule has 2 aromatic rings. The van der Waals surface area contributed by atoms with Crippen LogP contribution in [-0.4, -0.2) is 96.3 Å². The molecule has 2 aromatic carbocycles. The van der Waals surface area contributed by atoms with E-state index in [1.165, 1.54) is 27.9 Å². The van der Waals surface area contributed by atoms with Crippen LogP contribution in [0.1, 0.15) is 78.4 Å². The molecule has 52 heavy (non-hydrogen) atoms. The summed E-state index contributed by atoms with van der Waals surface area (Å²) in [6.45, 7) is 9.19. The number of amides is 3. The van der Waals surface area contributed by atoms with Gasteiger partial charge in [-0.15, -0.1) is 0 Å².